The summed E-state index contributed by atoms with van der Waals surface area (Å²) in [6.45, 7) is 0. The molecule has 0 aliphatic heterocycles. The molecular formula is C46H28. The van der Waals surface area contributed by atoms with Crippen LogP contribution in [-0.2, 0) is 0 Å². The van der Waals surface area contributed by atoms with E-state index in [1.165, 1.54) is 97.7 Å². The number of rotatable bonds is 2. The molecule has 0 spiro atoms. The predicted octanol–water partition coefficient (Wildman–Crippen LogP) is 13.1. The zero-order valence-electron chi connectivity index (χ0n) is 25.2. The molecule has 46 heavy (non-hydrogen) atoms. The summed E-state index contributed by atoms with van der Waals surface area (Å²) in [5, 5.41) is 18.0. The highest BCUT2D eigenvalue weighted by atomic mass is 14.2. The van der Waals surface area contributed by atoms with Gasteiger partial charge in [-0.2, -0.15) is 0 Å². The highest BCUT2D eigenvalue weighted by Crippen LogP contribution is 2.40. The molecule has 0 fully saturated rings. The molecule has 0 saturated heterocycles. The van der Waals surface area contributed by atoms with Crippen LogP contribution in [0.15, 0.2) is 170 Å². The first kappa shape index (κ1) is 25.4. The fourth-order valence-electron chi connectivity index (χ4n) is 7.71. The summed E-state index contributed by atoms with van der Waals surface area (Å²) in [5.74, 6) is 0. The maximum absolute atomic E-state index is 2.37. The third-order valence-electron chi connectivity index (χ3n) is 9.99. The average molecular weight is 581 g/mol. The van der Waals surface area contributed by atoms with Gasteiger partial charge in [-0.15, -0.1) is 0 Å². The summed E-state index contributed by atoms with van der Waals surface area (Å²) in [5.41, 5.74) is 4.98. The first-order chi connectivity index (χ1) is 22.8. The predicted molar refractivity (Wildman–Crippen MR) is 200 cm³/mol. The molecule has 10 aromatic carbocycles. The Balaban J connectivity index is 1.18. The summed E-state index contributed by atoms with van der Waals surface area (Å²) in [4.78, 5) is 0. The second kappa shape index (κ2) is 9.76. The molecule has 10 rings (SSSR count). The van der Waals surface area contributed by atoms with E-state index in [1.807, 2.05) is 0 Å². The van der Waals surface area contributed by atoms with Gasteiger partial charge in [-0.25, -0.2) is 0 Å². The van der Waals surface area contributed by atoms with Crippen LogP contribution in [0.3, 0.4) is 0 Å². The van der Waals surface area contributed by atoms with E-state index >= 15 is 0 Å². The zero-order chi connectivity index (χ0) is 30.2. The van der Waals surface area contributed by atoms with Crippen molar-refractivity contribution in [2.75, 3.05) is 0 Å². The number of benzene rings is 10. The molecule has 212 valence electrons. The Morgan fingerprint density at radius 1 is 0.196 bits per heavy atom. The van der Waals surface area contributed by atoms with Crippen molar-refractivity contribution >= 4 is 75.4 Å². The molecule has 0 unspecified atom stereocenters. The second-order valence-corrected chi connectivity index (χ2v) is 12.5. The van der Waals surface area contributed by atoms with Crippen molar-refractivity contribution in [3.8, 4) is 22.3 Å². The lowest BCUT2D eigenvalue weighted by molar-refractivity contribution is 1.64. The normalized spacial score (nSPS) is 11.9. The van der Waals surface area contributed by atoms with Crippen molar-refractivity contribution in [3.05, 3.63) is 170 Å². The Hall–Kier alpha value is -5.98. The molecule has 0 nitrogen and oxygen atoms in total. The van der Waals surface area contributed by atoms with Crippen LogP contribution in [-0.4, -0.2) is 0 Å². The van der Waals surface area contributed by atoms with Gasteiger partial charge >= 0.3 is 0 Å². The molecule has 0 heterocycles. The maximum atomic E-state index is 2.37. The molecule has 0 aliphatic rings. The summed E-state index contributed by atoms with van der Waals surface area (Å²) >= 11 is 0. The molecule has 0 amide bonds. The average Bonchev–Trinajstić information content (AvgIpc) is 3.13. The van der Waals surface area contributed by atoms with Gasteiger partial charge in [-0.3, -0.25) is 0 Å². The lowest BCUT2D eigenvalue weighted by atomic mass is 9.88. The van der Waals surface area contributed by atoms with Gasteiger partial charge in [-0.1, -0.05) is 146 Å². The smallest absolute Gasteiger partial charge is 0.00988 e. The highest BCUT2D eigenvalue weighted by Gasteiger charge is 2.14. The zero-order valence-corrected chi connectivity index (χ0v) is 25.2. The fraction of sp³-hybridized carbons (Fsp3) is 0. The quantitative estimate of drug-likeness (QED) is 0.178. The molecule has 0 aliphatic carbocycles. The lowest BCUT2D eigenvalue weighted by Gasteiger charge is -2.15. The SMILES string of the molecule is c1ccc2cc(-c3ccc4c(ccc5c6ccccc6ccc45)c3)c(-c3ccc4c(ccc5c6ccccc6ccc45)c3)cc2c1. The molecule has 0 N–H and O–H groups in total. The number of hydrogen-bond acceptors (Lipinski definition) is 0. The monoisotopic (exact) mass is 580 g/mol. The summed E-state index contributed by atoms with van der Waals surface area (Å²) < 4.78 is 0. The van der Waals surface area contributed by atoms with E-state index in [0.29, 0.717) is 0 Å². The van der Waals surface area contributed by atoms with E-state index in [0.717, 1.165) is 0 Å². The van der Waals surface area contributed by atoms with Crippen LogP contribution in [0.5, 0.6) is 0 Å². The first-order valence-electron chi connectivity index (χ1n) is 16.0. The molecule has 10 aromatic rings. The van der Waals surface area contributed by atoms with Gasteiger partial charge in [-0.05, 0) is 122 Å². The summed E-state index contributed by atoms with van der Waals surface area (Å²) in [6.07, 6.45) is 0. The van der Waals surface area contributed by atoms with E-state index in [1.54, 1.807) is 0 Å². The van der Waals surface area contributed by atoms with Crippen LogP contribution in [0.4, 0.5) is 0 Å². The van der Waals surface area contributed by atoms with E-state index in [4.69, 9.17) is 0 Å². The van der Waals surface area contributed by atoms with Gasteiger partial charge in [0.05, 0.1) is 0 Å². The summed E-state index contributed by atoms with van der Waals surface area (Å²) in [6, 6.07) is 63.0. The van der Waals surface area contributed by atoms with Gasteiger partial charge in [0, 0.05) is 0 Å². The van der Waals surface area contributed by atoms with Crippen LogP contribution < -0.4 is 0 Å². The van der Waals surface area contributed by atoms with E-state index < -0.39 is 0 Å². The van der Waals surface area contributed by atoms with Crippen LogP contribution in [0, 0.1) is 0 Å². The van der Waals surface area contributed by atoms with Crippen LogP contribution in [0.1, 0.15) is 0 Å². The van der Waals surface area contributed by atoms with Crippen molar-refractivity contribution in [1.29, 1.82) is 0 Å². The van der Waals surface area contributed by atoms with E-state index in [-0.39, 0.29) is 0 Å². The topological polar surface area (TPSA) is 0 Å². The van der Waals surface area contributed by atoms with Crippen molar-refractivity contribution in [2.45, 2.75) is 0 Å². The minimum Gasteiger partial charge on any atom is -0.0616 e. The molecule has 0 bridgehead atoms. The Morgan fingerprint density at radius 2 is 0.522 bits per heavy atom. The summed E-state index contributed by atoms with van der Waals surface area (Å²) in [7, 11) is 0. The lowest BCUT2D eigenvalue weighted by Crippen LogP contribution is -1.89. The van der Waals surface area contributed by atoms with Gasteiger partial charge in [0.2, 0.25) is 0 Å². The van der Waals surface area contributed by atoms with E-state index in [2.05, 4.69) is 170 Å². The Labute approximate surface area is 266 Å². The molecule has 0 atom stereocenters. The minimum absolute atomic E-state index is 1.23. The van der Waals surface area contributed by atoms with Crippen molar-refractivity contribution in [1.82, 2.24) is 0 Å². The minimum atomic E-state index is 1.23. The van der Waals surface area contributed by atoms with Crippen LogP contribution in [0.2, 0.25) is 0 Å². The maximum Gasteiger partial charge on any atom is -0.00988 e. The van der Waals surface area contributed by atoms with Gasteiger partial charge in [0.1, 0.15) is 0 Å². The van der Waals surface area contributed by atoms with Crippen LogP contribution >= 0.6 is 0 Å². The second-order valence-electron chi connectivity index (χ2n) is 12.5. The Bertz CT molecular complexity index is 2660. The number of fused-ring (bicyclic) bond motifs is 11. The Kier molecular flexibility index (Phi) is 5.38. The van der Waals surface area contributed by atoms with Crippen molar-refractivity contribution < 1.29 is 0 Å². The molecule has 0 radical (unpaired) electrons. The third kappa shape index (κ3) is 3.81. The molecule has 0 heteroatoms. The molecular weight excluding hydrogens is 553 g/mol. The van der Waals surface area contributed by atoms with E-state index in [9.17, 15) is 0 Å². The fourth-order valence-corrected chi connectivity index (χ4v) is 7.71. The van der Waals surface area contributed by atoms with Gasteiger partial charge in [0.25, 0.3) is 0 Å². The third-order valence-corrected chi connectivity index (χ3v) is 9.99. The largest absolute Gasteiger partial charge is 0.0616 e. The highest BCUT2D eigenvalue weighted by molar-refractivity contribution is 6.19. The molecule has 0 saturated carbocycles. The van der Waals surface area contributed by atoms with Crippen molar-refractivity contribution in [3.63, 3.8) is 0 Å². The first-order valence-corrected chi connectivity index (χ1v) is 16.0. The van der Waals surface area contributed by atoms with Gasteiger partial charge in [0.15, 0.2) is 0 Å². The van der Waals surface area contributed by atoms with Gasteiger partial charge < -0.3 is 0 Å². The Morgan fingerprint density at radius 3 is 0.957 bits per heavy atom. The molecule has 0 aromatic heterocycles. The number of hydrogen-bond donors (Lipinski definition) is 0. The standard InChI is InChI=1S/C46H28/c1-2-10-32-28-46(36-16-20-40-34(26-36)18-24-42-38-12-6-4-8-30(38)14-22-44(40)42)45(27-31(32)9-1)35-15-19-39-33(25-35)17-23-41-37-11-5-3-7-29(37)13-21-43(39)41/h1-28H. The van der Waals surface area contributed by atoms with Crippen LogP contribution in [0.25, 0.3) is 97.7 Å². The van der Waals surface area contributed by atoms with Crippen molar-refractivity contribution in [2.24, 2.45) is 0 Å².